The van der Waals surface area contributed by atoms with Gasteiger partial charge in [0.25, 0.3) is 5.91 Å². The number of anilines is 3. The van der Waals surface area contributed by atoms with Crippen molar-refractivity contribution in [2.75, 3.05) is 16.8 Å². The Morgan fingerprint density at radius 1 is 0.750 bits per heavy atom. The molecule has 0 aliphatic rings. The molecule has 0 bridgehead atoms. The van der Waals surface area contributed by atoms with Crippen LogP contribution in [0.2, 0.25) is 0 Å². The van der Waals surface area contributed by atoms with E-state index < -0.39 is 40.5 Å². The van der Waals surface area contributed by atoms with E-state index in [1.807, 2.05) is 0 Å². The Hall–Kier alpha value is -3.69. The normalized spacial score (nSPS) is 12.0. The number of carbonyl (C=O) groups excluding carboxylic acids is 1. The fraction of sp³-hybridized carbons (Fsp3) is 0.136. The highest BCUT2D eigenvalue weighted by atomic mass is 19.4. The highest BCUT2D eigenvalue weighted by Gasteiger charge is 2.38. The van der Waals surface area contributed by atoms with Crippen molar-refractivity contribution >= 4 is 23.0 Å². The van der Waals surface area contributed by atoms with Gasteiger partial charge in [0.05, 0.1) is 11.1 Å². The number of rotatable bonds is 3. The molecule has 10 heteroatoms. The zero-order valence-electron chi connectivity index (χ0n) is 16.5. The minimum absolute atomic E-state index is 0.190. The zero-order chi connectivity index (χ0) is 23.8. The molecule has 3 aromatic carbocycles. The van der Waals surface area contributed by atoms with Gasteiger partial charge in [0.15, 0.2) is 0 Å². The van der Waals surface area contributed by atoms with Crippen LogP contribution in [-0.4, -0.2) is 5.91 Å². The molecule has 0 fully saturated rings. The van der Waals surface area contributed by atoms with Crippen molar-refractivity contribution in [3.05, 3.63) is 76.9 Å². The molecular formula is C22H17F6N3O. The largest absolute Gasteiger partial charge is 0.417 e. The summed E-state index contributed by atoms with van der Waals surface area (Å²) in [6, 6.07) is 9.54. The molecule has 0 saturated heterocycles. The van der Waals surface area contributed by atoms with Crippen LogP contribution >= 0.6 is 0 Å². The van der Waals surface area contributed by atoms with Crippen molar-refractivity contribution in [3.8, 4) is 11.1 Å². The Bertz CT molecular complexity index is 1190. The number of benzene rings is 3. The predicted molar refractivity (Wildman–Crippen MR) is 110 cm³/mol. The molecule has 0 atom stereocenters. The van der Waals surface area contributed by atoms with E-state index in [2.05, 4.69) is 5.32 Å². The molecule has 0 radical (unpaired) electrons. The van der Waals surface area contributed by atoms with Crippen molar-refractivity contribution < 1.29 is 31.1 Å². The molecule has 3 aromatic rings. The third-order valence-corrected chi connectivity index (χ3v) is 4.72. The molecule has 3 rings (SSSR count). The van der Waals surface area contributed by atoms with Crippen molar-refractivity contribution in [1.29, 1.82) is 0 Å². The summed E-state index contributed by atoms with van der Waals surface area (Å²) in [6.07, 6.45) is -9.91. The number of halogens is 6. The number of aryl methyl sites for hydroxylation is 1. The summed E-state index contributed by atoms with van der Waals surface area (Å²) in [5.74, 6) is -0.688. The van der Waals surface area contributed by atoms with Crippen molar-refractivity contribution in [2.24, 2.45) is 0 Å². The number of carbonyl (C=O) groups is 1. The average Bonchev–Trinajstić information content (AvgIpc) is 2.66. The molecule has 0 saturated carbocycles. The summed E-state index contributed by atoms with van der Waals surface area (Å²) < 4.78 is 81.6. The maximum Gasteiger partial charge on any atom is 0.417 e. The molecule has 0 spiro atoms. The van der Waals surface area contributed by atoms with Gasteiger partial charge in [0.1, 0.15) is 0 Å². The minimum atomic E-state index is -4.99. The lowest BCUT2D eigenvalue weighted by Gasteiger charge is -2.19. The summed E-state index contributed by atoms with van der Waals surface area (Å²) in [5.41, 5.74) is 7.68. The van der Waals surface area contributed by atoms with E-state index in [4.69, 9.17) is 11.5 Å². The van der Waals surface area contributed by atoms with Gasteiger partial charge in [0.2, 0.25) is 0 Å². The van der Waals surface area contributed by atoms with E-state index in [1.165, 1.54) is 18.2 Å². The first-order valence-corrected chi connectivity index (χ1v) is 9.13. The van der Waals surface area contributed by atoms with Gasteiger partial charge in [-0.2, -0.15) is 26.3 Å². The van der Waals surface area contributed by atoms with E-state index in [9.17, 15) is 31.1 Å². The van der Waals surface area contributed by atoms with Crippen LogP contribution in [0, 0.1) is 6.92 Å². The first-order chi connectivity index (χ1) is 14.8. The van der Waals surface area contributed by atoms with Crippen LogP contribution < -0.4 is 16.8 Å². The third kappa shape index (κ3) is 4.79. The minimum Gasteiger partial charge on any atom is -0.399 e. The zero-order valence-corrected chi connectivity index (χ0v) is 16.5. The van der Waals surface area contributed by atoms with E-state index >= 15 is 0 Å². The molecular weight excluding hydrogens is 436 g/mol. The Balaban J connectivity index is 2.08. The van der Waals surface area contributed by atoms with Gasteiger partial charge in [-0.25, -0.2) is 0 Å². The summed E-state index contributed by atoms with van der Waals surface area (Å²) in [4.78, 5) is 12.5. The van der Waals surface area contributed by atoms with Crippen molar-refractivity contribution in [1.82, 2.24) is 0 Å². The number of nitrogens with two attached hydrogens (primary N) is 2. The smallest absolute Gasteiger partial charge is 0.399 e. The van der Waals surface area contributed by atoms with E-state index in [0.717, 1.165) is 24.3 Å². The first kappa shape index (κ1) is 23.0. The van der Waals surface area contributed by atoms with Crippen LogP contribution in [-0.2, 0) is 12.4 Å². The Morgan fingerprint density at radius 3 is 1.81 bits per heavy atom. The molecule has 0 heterocycles. The quantitative estimate of drug-likeness (QED) is 0.330. The van der Waals surface area contributed by atoms with Gasteiger partial charge in [-0.3, -0.25) is 4.79 Å². The second kappa shape index (κ2) is 8.10. The fourth-order valence-corrected chi connectivity index (χ4v) is 3.26. The lowest BCUT2D eigenvalue weighted by atomic mass is 9.93. The van der Waals surface area contributed by atoms with Gasteiger partial charge in [-0.1, -0.05) is 12.1 Å². The summed E-state index contributed by atoms with van der Waals surface area (Å²) in [6.45, 7) is 1.61. The number of hydrogen-bond acceptors (Lipinski definition) is 3. The summed E-state index contributed by atoms with van der Waals surface area (Å²) in [7, 11) is 0. The van der Waals surface area contributed by atoms with Gasteiger partial charge >= 0.3 is 12.4 Å². The van der Waals surface area contributed by atoms with Crippen LogP contribution in [0.1, 0.15) is 27.0 Å². The van der Waals surface area contributed by atoms with Gasteiger partial charge in [0, 0.05) is 22.6 Å². The maximum atomic E-state index is 13.8. The lowest BCUT2D eigenvalue weighted by Crippen LogP contribution is -2.16. The molecule has 0 aliphatic heterocycles. The molecule has 5 N–H and O–H groups in total. The number of hydrogen-bond donors (Lipinski definition) is 3. The van der Waals surface area contributed by atoms with Crippen LogP contribution in [0.5, 0.6) is 0 Å². The number of amides is 1. The second-order valence-corrected chi connectivity index (χ2v) is 7.09. The third-order valence-electron chi connectivity index (χ3n) is 4.72. The first-order valence-electron chi connectivity index (χ1n) is 9.13. The average molecular weight is 453 g/mol. The summed E-state index contributed by atoms with van der Waals surface area (Å²) >= 11 is 0. The molecule has 168 valence electrons. The van der Waals surface area contributed by atoms with Crippen molar-refractivity contribution in [3.63, 3.8) is 0 Å². The SMILES string of the molecule is Cc1cc(N)ccc1C(=O)Nc1ccc(-c2ccc(N)cc2C(F)(F)F)c(C(F)(F)F)c1. The predicted octanol–water partition coefficient (Wildman–Crippen LogP) is 6.12. The topological polar surface area (TPSA) is 81.1 Å². The van der Waals surface area contributed by atoms with Gasteiger partial charge in [-0.15, -0.1) is 0 Å². The standard InChI is InChI=1S/C22H17F6N3O/c1-11-8-12(29)2-5-15(11)20(32)31-14-4-7-17(19(10-14)22(26,27)28)16-6-3-13(30)9-18(16)21(23,24)25/h2-10H,29-30H2,1H3,(H,31,32). The molecule has 0 aromatic heterocycles. The molecule has 1 amide bonds. The lowest BCUT2D eigenvalue weighted by molar-refractivity contribution is -0.139. The number of nitrogens with one attached hydrogen (secondary N) is 1. The number of nitrogen functional groups attached to an aromatic ring is 2. The highest BCUT2D eigenvalue weighted by molar-refractivity contribution is 6.05. The van der Waals surface area contributed by atoms with Crippen LogP contribution in [0.15, 0.2) is 54.6 Å². The van der Waals surface area contributed by atoms with Crippen LogP contribution in [0.25, 0.3) is 11.1 Å². The van der Waals surface area contributed by atoms with Crippen molar-refractivity contribution in [2.45, 2.75) is 19.3 Å². The van der Waals surface area contributed by atoms with Gasteiger partial charge in [-0.05, 0) is 66.1 Å². The highest BCUT2D eigenvalue weighted by Crippen LogP contribution is 2.44. The van der Waals surface area contributed by atoms with E-state index in [-0.39, 0.29) is 16.9 Å². The van der Waals surface area contributed by atoms with Gasteiger partial charge < -0.3 is 16.8 Å². The fourth-order valence-electron chi connectivity index (χ4n) is 3.26. The molecule has 4 nitrogen and oxygen atoms in total. The summed E-state index contributed by atoms with van der Waals surface area (Å²) in [5, 5.41) is 2.34. The molecule has 32 heavy (non-hydrogen) atoms. The number of alkyl halides is 6. The Labute approximate surface area is 178 Å². The Kier molecular flexibility index (Phi) is 5.82. The second-order valence-electron chi connectivity index (χ2n) is 7.09. The van der Waals surface area contributed by atoms with Crippen LogP contribution in [0.4, 0.5) is 43.4 Å². The maximum absolute atomic E-state index is 13.8. The Morgan fingerprint density at radius 2 is 1.25 bits per heavy atom. The molecule has 0 aliphatic carbocycles. The van der Waals surface area contributed by atoms with Crippen LogP contribution in [0.3, 0.4) is 0 Å². The van der Waals surface area contributed by atoms with E-state index in [1.54, 1.807) is 6.92 Å². The molecule has 0 unspecified atom stereocenters. The monoisotopic (exact) mass is 453 g/mol. The van der Waals surface area contributed by atoms with E-state index in [0.29, 0.717) is 23.4 Å².